The van der Waals surface area contributed by atoms with Gasteiger partial charge in [0.05, 0.1) is 22.4 Å². The summed E-state index contributed by atoms with van der Waals surface area (Å²) < 4.78 is 41.2. The quantitative estimate of drug-likeness (QED) is 0.169. The molecule has 0 atom stereocenters. The highest BCUT2D eigenvalue weighted by molar-refractivity contribution is 7.07. The Hall–Kier alpha value is -3.76. The first-order valence-electron chi connectivity index (χ1n) is 9.69. The number of hydrogen-bond acceptors (Lipinski definition) is 5. The van der Waals surface area contributed by atoms with Gasteiger partial charge in [0.1, 0.15) is 5.69 Å². The molecule has 0 fully saturated rings. The summed E-state index contributed by atoms with van der Waals surface area (Å²) >= 11 is 7.28. The summed E-state index contributed by atoms with van der Waals surface area (Å²) in [7, 11) is 0. The molecule has 1 heterocycles. The normalized spacial score (nSPS) is 12.4. The van der Waals surface area contributed by atoms with E-state index in [1.807, 2.05) is 0 Å². The molecule has 1 aromatic heterocycles. The maximum Gasteiger partial charge on any atom is 0.416 e. The van der Waals surface area contributed by atoms with Gasteiger partial charge in [0.2, 0.25) is 4.80 Å². The van der Waals surface area contributed by atoms with Crippen molar-refractivity contribution < 1.29 is 18.1 Å². The lowest BCUT2D eigenvalue weighted by molar-refractivity contribution is -0.384. The van der Waals surface area contributed by atoms with E-state index < -0.39 is 16.7 Å². The summed E-state index contributed by atoms with van der Waals surface area (Å²) in [6, 6.07) is 17.6. The molecule has 0 saturated carbocycles. The predicted octanol–water partition coefficient (Wildman–Crippen LogP) is 6.91. The summed E-state index contributed by atoms with van der Waals surface area (Å²) in [6.45, 7) is 0. The maximum absolute atomic E-state index is 13.3. The zero-order valence-corrected chi connectivity index (χ0v) is 18.7. The van der Waals surface area contributed by atoms with E-state index in [2.05, 4.69) is 10.1 Å². The van der Waals surface area contributed by atoms with Crippen LogP contribution in [-0.2, 0) is 6.18 Å². The molecule has 6 nitrogen and oxygen atoms in total. The van der Waals surface area contributed by atoms with Crippen LogP contribution in [0.2, 0.25) is 5.02 Å². The number of nitrogens with zero attached hydrogens (tertiary/aromatic N) is 4. The molecule has 0 radical (unpaired) electrons. The van der Waals surface area contributed by atoms with Crippen molar-refractivity contribution in [3.05, 3.63) is 109 Å². The minimum Gasteiger partial charge on any atom is -0.258 e. The molecule has 11 heteroatoms. The smallest absolute Gasteiger partial charge is 0.258 e. The van der Waals surface area contributed by atoms with Gasteiger partial charge in [0.25, 0.3) is 5.69 Å². The molecule has 0 aliphatic heterocycles. The largest absolute Gasteiger partial charge is 0.416 e. The summed E-state index contributed by atoms with van der Waals surface area (Å²) in [5, 5.41) is 17.8. The van der Waals surface area contributed by atoms with Crippen LogP contribution in [0.3, 0.4) is 0 Å². The van der Waals surface area contributed by atoms with E-state index in [4.69, 9.17) is 11.6 Å². The van der Waals surface area contributed by atoms with E-state index in [9.17, 15) is 23.3 Å². The second-order valence-corrected chi connectivity index (χ2v) is 8.16. The Morgan fingerprint density at radius 1 is 1.03 bits per heavy atom. The number of nitro benzene ring substituents is 1. The van der Waals surface area contributed by atoms with E-state index >= 15 is 0 Å². The van der Waals surface area contributed by atoms with Crippen molar-refractivity contribution in [1.29, 1.82) is 0 Å². The molecule has 172 valence electrons. The SMILES string of the molecule is O=[N+]([O-])c1ccccc1N=c1scc(-c2cccc(C(F)(F)F)c2)n1N=Cc1ccccc1Cl. The Morgan fingerprint density at radius 2 is 1.76 bits per heavy atom. The number of thiazole rings is 1. The maximum atomic E-state index is 13.3. The molecule has 0 aliphatic carbocycles. The average Bonchev–Trinajstić information content (AvgIpc) is 3.20. The third-order valence-electron chi connectivity index (χ3n) is 4.68. The lowest BCUT2D eigenvalue weighted by Gasteiger charge is -2.09. The lowest BCUT2D eigenvalue weighted by atomic mass is 10.1. The highest BCUT2D eigenvalue weighted by Crippen LogP contribution is 2.32. The van der Waals surface area contributed by atoms with E-state index in [1.165, 1.54) is 41.2 Å². The first-order valence-corrected chi connectivity index (χ1v) is 10.9. The van der Waals surface area contributed by atoms with Gasteiger partial charge in [-0.25, -0.2) is 9.67 Å². The minimum absolute atomic E-state index is 0.0895. The van der Waals surface area contributed by atoms with Crippen molar-refractivity contribution >= 4 is 40.5 Å². The van der Waals surface area contributed by atoms with Gasteiger partial charge in [0, 0.05) is 27.6 Å². The lowest BCUT2D eigenvalue weighted by Crippen LogP contribution is -2.12. The van der Waals surface area contributed by atoms with Gasteiger partial charge < -0.3 is 0 Å². The summed E-state index contributed by atoms with van der Waals surface area (Å²) in [5.41, 5.74) is 0.234. The fraction of sp³-hybridized carbons (Fsp3) is 0.0435. The van der Waals surface area contributed by atoms with Gasteiger partial charge in [-0.2, -0.15) is 18.3 Å². The van der Waals surface area contributed by atoms with Crippen molar-refractivity contribution in [2.75, 3.05) is 0 Å². The van der Waals surface area contributed by atoms with Gasteiger partial charge in [-0.05, 0) is 24.3 Å². The molecule has 0 aliphatic rings. The standard InChI is InChI=1S/C23H14ClF3N4O2S/c24-18-9-2-1-6-16(18)13-28-30-21(15-7-5-8-17(12-15)23(25,26)27)14-34-22(30)29-19-10-3-4-11-20(19)31(32)33/h1-14H. The van der Waals surface area contributed by atoms with E-state index in [0.717, 1.165) is 23.5 Å². The van der Waals surface area contributed by atoms with Crippen molar-refractivity contribution in [1.82, 2.24) is 4.68 Å². The Balaban J connectivity index is 1.92. The molecule has 4 rings (SSSR count). The summed E-state index contributed by atoms with van der Waals surface area (Å²) in [6.07, 6.45) is -3.07. The number of benzene rings is 3. The molecule has 0 saturated heterocycles. The highest BCUT2D eigenvalue weighted by atomic mass is 35.5. The number of halogens is 4. The zero-order chi connectivity index (χ0) is 24.3. The summed E-state index contributed by atoms with van der Waals surface area (Å²) in [4.78, 5) is 15.4. The van der Waals surface area contributed by atoms with Gasteiger partial charge >= 0.3 is 6.18 Å². The molecule has 0 spiro atoms. The fourth-order valence-corrected chi connectivity index (χ4v) is 4.09. The average molecular weight is 503 g/mol. The van der Waals surface area contributed by atoms with Gasteiger partial charge in [-0.3, -0.25) is 10.1 Å². The molecule has 0 unspecified atom stereocenters. The number of nitro groups is 1. The fourth-order valence-electron chi connectivity index (χ4n) is 3.06. The van der Waals surface area contributed by atoms with Gasteiger partial charge in [-0.1, -0.05) is 54.1 Å². The topological polar surface area (TPSA) is 72.8 Å². The molecule has 4 aromatic rings. The van der Waals surface area contributed by atoms with E-state index in [0.29, 0.717) is 16.3 Å². The van der Waals surface area contributed by atoms with Crippen LogP contribution >= 0.6 is 22.9 Å². The number of alkyl halides is 3. The van der Waals surface area contributed by atoms with E-state index in [1.54, 1.807) is 35.7 Å². The Morgan fingerprint density at radius 3 is 2.50 bits per heavy atom. The van der Waals surface area contributed by atoms with Crippen molar-refractivity contribution in [3.63, 3.8) is 0 Å². The number of hydrogen-bond donors (Lipinski definition) is 0. The third kappa shape index (κ3) is 5.08. The van der Waals surface area contributed by atoms with Crippen LogP contribution in [0.4, 0.5) is 24.5 Å². The van der Waals surface area contributed by atoms with Crippen LogP contribution in [-0.4, -0.2) is 15.8 Å². The second-order valence-electron chi connectivity index (χ2n) is 6.92. The summed E-state index contributed by atoms with van der Waals surface area (Å²) in [5.74, 6) is 0. The Kier molecular flexibility index (Phi) is 6.62. The molecule has 0 N–H and O–H groups in total. The first-order chi connectivity index (χ1) is 16.2. The monoisotopic (exact) mass is 502 g/mol. The van der Waals surface area contributed by atoms with Crippen LogP contribution in [0.5, 0.6) is 0 Å². The third-order valence-corrected chi connectivity index (χ3v) is 5.84. The first kappa shape index (κ1) is 23.4. The van der Waals surface area contributed by atoms with Crippen LogP contribution < -0.4 is 4.80 Å². The number of aromatic nitrogens is 1. The molecule has 3 aromatic carbocycles. The van der Waals surface area contributed by atoms with Gasteiger partial charge in [0.15, 0.2) is 0 Å². The predicted molar refractivity (Wildman–Crippen MR) is 126 cm³/mol. The van der Waals surface area contributed by atoms with Crippen molar-refractivity contribution in [2.24, 2.45) is 10.1 Å². The van der Waals surface area contributed by atoms with Crippen LogP contribution in [0, 0.1) is 10.1 Å². The molecule has 0 bridgehead atoms. The molecule has 34 heavy (non-hydrogen) atoms. The number of rotatable bonds is 5. The van der Waals surface area contributed by atoms with Crippen LogP contribution in [0.15, 0.2) is 88.3 Å². The Bertz CT molecular complexity index is 1460. The number of para-hydroxylation sites is 2. The van der Waals surface area contributed by atoms with Gasteiger partial charge in [-0.15, -0.1) is 11.3 Å². The van der Waals surface area contributed by atoms with Crippen molar-refractivity contribution in [2.45, 2.75) is 6.18 Å². The molecular weight excluding hydrogens is 489 g/mol. The van der Waals surface area contributed by atoms with Crippen molar-refractivity contribution in [3.8, 4) is 11.3 Å². The highest BCUT2D eigenvalue weighted by Gasteiger charge is 2.30. The van der Waals surface area contributed by atoms with Crippen LogP contribution in [0.1, 0.15) is 11.1 Å². The zero-order valence-electron chi connectivity index (χ0n) is 17.1. The Labute approximate surface area is 200 Å². The van der Waals surface area contributed by atoms with E-state index in [-0.39, 0.29) is 21.7 Å². The van der Waals surface area contributed by atoms with Crippen LogP contribution in [0.25, 0.3) is 11.3 Å². The molecular formula is C23H14ClF3N4O2S. The second kappa shape index (κ2) is 9.62. The minimum atomic E-state index is -4.52. The molecule has 0 amide bonds.